The van der Waals surface area contributed by atoms with Crippen LogP contribution >= 0.6 is 33.3 Å². The van der Waals surface area contributed by atoms with Gasteiger partial charge in [-0.05, 0) is 52.3 Å². The molecule has 0 heterocycles. The van der Waals surface area contributed by atoms with E-state index in [1.165, 1.54) is 11.0 Å². The van der Waals surface area contributed by atoms with E-state index in [9.17, 15) is 0 Å². The largest absolute Gasteiger partial charge is 0.0843 e. The molecule has 10 heavy (non-hydrogen) atoms. The first-order chi connectivity index (χ1) is 4.72. The van der Waals surface area contributed by atoms with Crippen LogP contribution in [0.25, 0.3) is 0 Å². The van der Waals surface area contributed by atoms with Gasteiger partial charge in [0.05, 0.1) is 0 Å². The van der Waals surface area contributed by atoms with Crippen molar-refractivity contribution in [3.05, 3.63) is 28.8 Å². The number of aryl methyl sites for hydroxylation is 1. The molecule has 0 unspecified atom stereocenters. The van der Waals surface area contributed by atoms with Crippen molar-refractivity contribution in [1.82, 2.24) is 0 Å². The number of hydrogen-bond donors (Lipinski definition) is 0. The molecule has 0 bridgehead atoms. The third-order valence-electron chi connectivity index (χ3n) is 1.10. The van der Waals surface area contributed by atoms with Crippen LogP contribution in [0, 0.1) is 6.92 Å². The average molecular weight is 193 g/mol. The molecule has 1 aromatic carbocycles. The molecule has 54 valence electrons. The van der Waals surface area contributed by atoms with Gasteiger partial charge in [-0.3, -0.25) is 0 Å². The lowest BCUT2D eigenvalue weighted by Crippen LogP contribution is -1.73. The Morgan fingerprint density at radius 2 is 2.00 bits per heavy atom. The van der Waals surface area contributed by atoms with Crippen molar-refractivity contribution >= 4 is 33.3 Å². The van der Waals surface area contributed by atoms with Crippen LogP contribution in [0.2, 0.25) is 5.02 Å². The molecular formula is C7H6Cl2S. The van der Waals surface area contributed by atoms with Crippen LogP contribution in [0.15, 0.2) is 23.1 Å². The summed E-state index contributed by atoms with van der Waals surface area (Å²) in [6.07, 6.45) is 0. The first-order valence-corrected chi connectivity index (χ1v) is 4.80. The molecule has 0 aliphatic heterocycles. The van der Waals surface area contributed by atoms with Crippen molar-refractivity contribution in [3.63, 3.8) is 0 Å². The van der Waals surface area contributed by atoms with E-state index >= 15 is 0 Å². The smallest absolute Gasteiger partial charge is 0.0420 e. The van der Waals surface area contributed by atoms with Gasteiger partial charge in [0.1, 0.15) is 0 Å². The Kier molecular flexibility index (Phi) is 2.90. The van der Waals surface area contributed by atoms with Crippen LogP contribution in [-0.2, 0) is 0 Å². The summed E-state index contributed by atoms with van der Waals surface area (Å²) in [6, 6.07) is 5.73. The van der Waals surface area contributed by atoms with E-state index in [-0.39, 0.29) is 0 Å². The highest BCUT2D eigenvalue weighted by molar-refractivity contribution is 8.21. The van der Waals surface area contributed by atoms with Gasteiger partial charge in [0.2, 0.25) is 0 Å². The van der Waals surface area contributed by atoms with Gasteiger partial charge in [-0.1, -0.05) is 11.6 Å². The molecule has 0 saturated heterocycles. The lowest BCUT2D eigenvalue weighted by atomic mass is 10.2. The van der Waals surface area contributed by atoms with E-state index in [4.69, 9.17) is 22.3 Å². The second-order valence-electron chi connectivity index (χ2n) is 2.04. The molecule has 0 fully saturated rings. The molecular weight excluding hydrogens is 187 g/mol. The quantitative estimate of drug-likeness (QED) is 0.651. The average Bonchev–Trinajstić information content (AvgIpc) is 1.85. The molecule has 0 aromatic heterocycles. The molecule has 0 nitrogen and oxygen atoms in total. The highest BCUT2D eigenvalue weighted by Gasteiger charge is 1.94. The van der Waals surface area contributed by atoms with E-state index in [1.54, 1.807) is 0 Å². The summed E-state index contributed by atoms with van der Waals surface area (Å²) in [5.74, 6) is 0. The lowest BCUT2D eigenvalue weighted by Gasteiger charge is -1.96. The topological polar surface area (TPSA) is 0 Å². The molecule has 1 aromatic rings. The minimum atomic E-state index is 0.739. The van der Waals surface area contributed by atoms with Crippen molar-refractivity contribution in [2.24, 2.45) is 0 Å². The second-order valence-corrected chi connectivity index (χ2v) is 3.57. The Bertz CT molecular complexity index is 215. The van der Waals surface area contributed by atoms with Crippen molar-refractivity contribution in [2.45, 2.75) is 11.8 Å². The van der Waals surface area contributed by atoms with Crippen LogP contribution in [0.3, 0.4) is 0 Å². The van der Waals surface area contributed by atoms with E-state index in [1.807, 2.05) is 25.1 Å². The zero-order valence-electron chi connectivity index (χ0n) is 5.40. The molecule has 1 rings (SSSR count). The predicted octanol–water partition coefficient (Wildman–Crippen LogP) is 3.89. The van der Waals surface area contributed by atoms with Crippen LogP contribution in [0.1, 0.15) is 5.56 Å². The first kappa shape index (κ1) is 8.25. The van der Waals surface area contributed by atoms with Crippen molar-refractivity contribution in [1.29, 1.82) is 0 Å². The summed E-state index contributed by atoms with van der Waals surface area (Å²) in [4.78, 5) is 0.992. The molecule has 3 heteroatoms. The van der Waals surface area contributed by atoms with Gasteiger partial charge < -0.3 is 0 Å². The Balaban J connectivity index is 3.06. The molecule has 0 aliphatic carbocycles. The van der Waals surface area contributed by atoms with Gasteiger partial charge in [-0.15, -0.1) is 0 Å². The third-order valence-corrected chi connectivity index (χ3v) is 2.27. The molecule has 0 radical (unpaired) electrons. The van der Waals surface area contributed by atoms with E-state index in [0.717, 1.165) is 15.5 Å². The first-order valence-electron chi connectivity index (χ1n) is 2.78. The summed E-state index contributed by atoms with van der Waals surface area (Å²) in [7, 11) is 6.71. The number of hydrogen-bond acceptors (Lipinski definition) is 1. The Morgan fingerprint density at radius 1 is 1.30 bits per heavy atom. The van der Waals surface area contributed by atoms with Crippen LogP contribution < -0.4 is 0 Å². The van der Waals surface area contributed by atoms with Crippen LogP contribution in [0.5, 0.6) is 0 Å². The maximum Gasteiger partial charge on any atom is 0.0420 e. The Labute approximate surface area is 74.0 Å². The van der Waals surface area contributed by atoms with Gasteiger partial charge in [0.25, 0.3) is 0 Å². The zero-order chi connectivity index (χ0) is 7.56. The molecule has 0 atom stereocenters. The second kappa shape index (κ2) is 3.51. The maximum atomic E-state index is 5.76. The molecule has 0 aliphatic rings. The molecule has 0 saturated carbocycles. The van der Waals surface area contributed by atoms with Gasteiger partial charge in [-0.2, -0.15) is 0 Å². The van der Waals surface area contributed by atoms with Gasteiger partial charge >= 0.3 is 0 Å². The fourth-order valence-electron chi connectivity index (χ4n) is 0.747. The van der Waals surface area contributed by atoms with Gasteiger partial charge in [0.15, 0.2) is 0 Å². The molecule has 0 spiro atoms. The highest BCUT2D eigenvalue weighted by atomic mass is 35.7. The summed E-state index contributed by atoms with van der Waals surface area (Å²) in [6.45, 7) is 1.99. The maximum absolute atomic E-state index is 5.76. The summed E-state index contributed by atoms with van der Waals surface area (Å²) >= 11 is 5.76. The van der Waals surface area contributed by atoms with Crippen molar-refractivity contribution in [3.8, 4) is 0 Å². The van der Waals surface area contributed by atoms with Gasteiger partial charge in [-0.25, -0.2) is 0 Å². The third kappa shape index (κ3) is 2.08. The van der Waals surface area contributed by atoms with E-state index in [2.05, 4.69) is 0 Å². The van der Waals surface area contributed by atoms with Crippen LogP contribution in [0.4, 0.5) is 0 Å². The number of rotatable bonds is 1. The summed E-state index contributed by atoms with van der Waals surface area (Å²) in [5.41, 5.74) is 1.13. The standard InChI is InChI=1S/C7H6Cl2S/c1-5-2-6(8)4-7(3-5)10-9/h2-4H,1H3. The number of halogens is 2. The van der Waals surface area contributed by atoms with Crippen molar-refractivity contribution < 1.29 is 0 Å². The van der Waals surface area contributed by atoms with Crippen LogP contribution in [-0.4, -0.2) is 0 Å². The summed E-state index contributed by atoms with van der Waals surface area (Å²) < 4.78 is 0. The van der Waals surface area contributed by atoms with E-state index < -0.39 is 0 Å². The Morgan fingerprint density at radius 3 is 2.50 bits per heavy atom. The minimum absolute atomic E-state index is 0.739. The predicted molar refractivity (Wildman–Crippen MR) is 47.9 cm³/mol. The fourth-order valence-corrected chi connectivity index (χ4v) is 1.77. The SMILES string of the molecule is Cc1cc(Cl)cc(SCl)c1. The normalized spacial score (nSPS) is 9.90. The molecule has 0 N–H and O–H groups in total. The van der Waals surface area contributed by atoms with E-state index in [0.29, 0.717) is 0 Å². The zero-order valence-corrected chi connectivity index (χ0v) is 7.72. The monoisotopic (exact) mass is 192 g/mol. The minimum Gasteiger partial charge on any atom is -0.0843 e. The summed E-state index contributed by atoms with van der Waals surface area (Å²) in [5, 5.41) is 0.739. The highest BCUT2D eigenvalue weighted by Crippen LogP contribution is 2.26. The fraction of sp³-hybridized carbons (Fsp3) is 0.143. The van der Waals surface area contributed by atoms with Crippen molar-refractivity contribution in [2.75, 3.05) is 0 Å². The number of benzene rings is 1. The lowest BCUT2D eigenvalue weighted by molar-refractivity contribution is 1.37. The van der Waals surface area contributed by atoms with Gasteiger partial charge in [0, 0.05) is 9.92 Å². The molecule has 0 amide bonds. The Hall–Kier alpha value is 0.150.